The van der Waals surface area contributed by atoms with Crippen molar-refractivity contribution in [2.45, 2.75) is 0 Å². The third-order valence-corrected chi connectivity index (χ3v) is 2.23. The van der Waals surface area contributed by atoms with E-state index < -0.39 is 11.4 Å². The summed E-state index contributed by atoms with van der Waals surface area (Å²) in [6, 6.07) is 2.85. The van der Waals surface area contributed by atoms with E-state index in [2.05, 4.69) is 9.40 Å². The van der Waals surface area contributed by atoms with E-state index >= 15 is 0 Å². The Bertz CT molecular complexity index is 628. The number of aromatic nitrogens is 1. The summed E-state index contributed by atoms with van der Waals surface area (Å²) in [6.07, 6.45) is 0. The molecule has 0 atom stereocenters. The van der Waals surface area contributed by atoms with Gasteiger partial charge in [-0.05, 0) is 6.07 Å². The molecule has 0 unspecified atom stereocenters. The maximum absolute atomic E-state index is 11.3. The highest BCUT2D eigenvalue weighted by Gasteiger charge is 2.08. The summed E-state index contributed by atoms with van der Waals surface area (Å²) in [7, 11) is 1.44. The van der Waals surface area contributed by atoms with Gasteiger partial charge in [-0.2, -0.15) is 0 Å². The number of hydrogen-bond acceptors (Lipinski definition) is 4. The molecule has 0 bridgehead atoms. The zero-order valence-electron chi connectivity index (χ0n) is 7.67. The van der Waals surface area contributed by atoms with Crippen LogP contribution in [-0.2, 0) is 0 Å². The predicted molar refractivity (Wildman–Crippen MR) is 54.7 cm³/mol. The summed E-state index contributed by atoms with van der Waals surface area (Å²) in [4.78, 5) is 24.5. The molecule has 1 N–H and O–H groups in total. The number of nitrogens with one attached hydrogen (secondary N) is 1. The number of ether oxygens (including phenoxy) is 1. The van der Waals surface area contributed by atoms with Crippen molar-refractivity contribution in [3.63, 3.8) is 0 Å². The van der Waals surface area contributed by atoms with Crippen molar-refractivity contribution < 1.29 is 9.15 Å². The monoisotopic (exact) mass is 227 g/mol. The van der Waals surface area contributed by atoms with Gasteiger partial charge in [0.25, 0.3) is 0 Å². The van der Waals surface area contributed by atoms with Gasteiger partial charge in [0.1, 0.15) is 5.75 Å². The molecule has 78 valence electrons. The minimum Gasteiger partial charge on any atom is -0.495 e. The highest BCUT2D eigenvalue weighted by molar-refractivity contribution is 6.32. The minimum atomic E-state index is -0.808. The summed E-state index contributed by atoms with van der Waals surface area (Å²) in [6.45, 7) is 0. The molecule has 0 aliphatic heterocycles. The first kappa shape index (κ1) is 9.79. The number of rotatable bonds is 1. The van der Waals surface area contributed by atoms with Crippen LogP contribution in [0.1, 0.15) is 0 Å². The van der Waals surface area contributed by atoms with Crippen LogP contribution in [-0.4, -0.2) is 12.1 Å². The molecule has 0 amide bonds. The average molecular weight is 228 g/mol. The Labute approximate surface area is 88.2 Å². The second-order valence-corrected chi connectivity index (χ2v) is 3.24. The van der Waals surface area contributed by atoms with Gasteiger partial charge in [0.15, 0.2) is 0 Å². The molecule has 0 radical (unpaired) electrons. The second kappa shape index (κ2) is 3.43. The van der Waals surface area contributed by atoms with Crippen LogP contribution in [0.2, 0.25) is 5.02 Å². The van der Waals surface area contributed by atoms with Crippen molar-refractivity contribution in [2.75, 3.05) is 7.11 Å². The number of halogens is 1. The zero-order chi connectivity index (χ0) is 11.0. The van der Waals surface area contributed by atoms with E-state index in [4.69, 9.17) is 16.3 Å². The maximum Gasteiger partial charge on any atom is 0.419 e. The lowest BCUT2D eigenvalue weighted by Gasteiger charge is -2.03. The summed E-state index contributed by atoms with van der Waals surface area (Å²) < 4.78 is 9.30. The number of hydrogen-bond donors (Lipinski definition) is 1. The van der Waals surface area contributed by atoms with Gasteiger partial charge in [-0.1, -0.05) is 11.6 Å². The quantitative estimate of drug-likeness (QED) is 0.793. The smallest absolute Gasteiger partial charge is 0.419 e. The SMILES string of the molecule is COc1cc2[nH]c(=O)oc(=O)c2cc1Cl. The first-order valence-corrected chi connectivity index (χ1v) is 4.40. The van der Waals surface area contributed by atoms with E-state index in [9.17, 15) is 9.59 Å². The van der Waals surface area contributed by atoms with E-state index in [1.807, 2.05) is 0 Å². The predicted octanol–water partition coefficient (Wildman–Crippen LogP) is 1.14. The van der Waals surface area contributed by atoms with Gasteiger partial charge in [0.05, 0.1) is 23.0 Å². The zero-order valence-corrected chi connectivity index (χ0v) is 8.42. The molecule has 0 aliphatic carbocycles. The van der Waals surface area contributed by atoms with Gasteiger partial charge in [-0.15, -0.1) is 0 Å². The lowest BCUT2D eigenvalue weighted by atomic mass is 10.2. The van der Waals surface area contributed by atoms with Crippen LogP contribution >= 0.6 is 11.6 Å². The molecule has 1 heterocycles. The highest BCUT2D eigenvalue weighted by Crippen LogP contribution is 2.26. The first-order chi connectivity index (χ1) is 7.11. The molecule has 0 spiro atoms. The Morgan fingerprint density at radius 1 is 1.40 bits per heavy atom. The lowest BCUT2D eigenvalue weighted by Crippen LogP contribution is -2.14. The Morgan fingerprint density at radius 2 is 2.13 bits per heavy atom. The summed E-state index contributed by atoms with van der Waals surface area (Å²) in [5.74, 6) is -0.428. The van der Waals surface area contributed by atoms with Crippen LogP contribution in [0.4, 0.5) is 0 Å². The Balaban J connectivity index is 2.93. The van der Waals surface area contributed by atoms with Crippen LogP contribution < -0.4 is 16.1 Å². The van der Waals surface area contributed by atoms with Crippen molar-refractivity contribution in [1.82, 2.24) is 4.98 Å². The molecule has 0 aliphatic rings. The first-order valence-electron chi connectivity index (χ1n) is 4.02. The maximum atomic E-state index is 11.3. The van der Waals surface area contributed by atoms with Gasteiger partial charge in [-0.3, -0.25) is 4.98 Å². The summed E-state index contributed by atoms with van der Waals surface area (Å²) in [5, 5.41) is 0.491. The normalized spacial score (nSPS) is 10.5. The minimum absolute atomic E-state index is 0.209. The van der Waals surface area contributed by atoms with Crippen LogP contribution in [0.3, 0.4) is 0 Å². The van der Waals surface area contributed by atoms with E-state index in [0.29, 0.717) is 11.3 Å². The second-order valence-electron chi connectivity index (χ2n) is 2.83. The van der Waals surface area contributed by atoms with E-state index in [1.54, 1.807) is 0 Å². The van der Waals surface area contributed by atoms with Crippen molar-refractivity contribution in [3.05, 3.63) is 38.1 Å². The molecule has 1 aromatic carbocycles. The van der Waals surface area contributed by atoms with Crippen LogP contribution in [0.25, 0.3) is 10.9 Å². The molecular weight excluding hydrogens is 222 g/mol. The molecule has 0 fully saturated rings. The van der Waals surface area contributed by atoms with Gasteiger partial charge < -0.3 is 9.15 Å². The molecule has 0 saturated carbocycles. The van der Waals surface area contributed by atoms with Crippen molar-refractivity contribution >= 4 is 22.5 Å². The van der Waals surface area contributed by atoms with Crippen LogP contribution in [0, 0.1) is 0 Å². The van der Waals surface area contributed by atoms with Gasteiger partial charge in [0.2, 0.25) is 0 Å². The molecule has 15 heavy (non-hydrogen) atoms. The van der Waals surface area contributed by atoms with E-state index in [1.165, 1.54) is 19.2 Å². The van der Waals surface area contributed by atoms with Gasteiger partial charge in [-0.25, -0.2) is 9.59 Å². The third-order valence-electron chi connectivity index (χ3n) is 1.93. The summed E-state index contributed by atoms with van der Waals surface area (Å²) >= 11 is 5.82. The fourth-order valence-corrected chi connectivity index (χ4v) is 1.50. The molecule has 2 rings (SSSR count). The van der Waals surface area contributed by atoms with Crippen molar-refractivity contribution in [3.8, 4) is 5.75 Å². The molecule has 2 aromatic rings. The number of methoxy groups -OCH3 is 1. The lowest BCUT2D eigenvalue weighted by molar-refractivity contribution is 0.415. The third kappa shape index (κ3) is 1.61. The van der Waals surface area contributed by atoms with E-state index in [-0.39, 0.29) is 10.4 Å². The number of fused-ring (bicyclic) bond motifs is 1. The molecule has 5 nitrogen and oxygen atoms in total. The van der Waals surface area contributed by atoms with Gasteiger partial charge in [0, 0.05) is 6.07 Å². The average Bonchev–Trinajstić information content (AvgIpc) is 2.18. The summed E-state index contributed by atoms with van der Waals surface area (Å²) in [5.41, 5.74) is -0.393. The topological polar surface area (TPSA) is 72.3 Å². The number of benzene rings is 1. The largest absolute Gasteiger partial charge is 0.495 e. The van der Waals surface area contributed by atoms with Crippen LogP contribution in [0.15, 0.2) is 26.1 Å². The number of aromatic amines is 1. The fourth-order valence-electron chi connectivity index (χ4n) is 1.26. The standard InChI is InChI=1S/C9H6ClNO4/c1-14-7-3-6-4(2-5(7)10)8(12)15-9(13)11-6/h2-3H,1H3,(H,11,13). The molecular formula is C9H6ClNO4. The Kier molecular flexibility index (Phi) is 2.24. The van der Waals surface area contributed by atoms with Crippen molar-refractivity contribution in [1.29, 1.82) is 0 Å². The molecule has 1 aromatic heterocycles. The number of H-pyrrole nitrogens is 1. The Morgan fingerprint density at radius 3 is 2.80 bits per heavy atom. The molecule has 0 saturated heterocycles. The van der Waals surface area contributed by atoms with E-state index in [0.717, 1.165) is 0 Å². The van der Waals surface area contributed by atoms with Gasteiger partial charge >= 0.3 is 11.4 Å². The fraction of sp³-hybridized carbons (Fsp3) is 0.111. The van der Waals surface area contributed by atoms with Crippen molar-refractivity contribution in [2.24, 2.45) is 0 Å². The highest BCUT2D eigenvalue weighted by atomic mass is 35.5. The Hall–Kier alpha value is -1.75. The van der Waals surface area contributed by atoms with Crippen LogP contribution in [0.5, 0.6) is 5.75 Å². The molecule has 6 heteroatoms.